The highest BCUT2D eigenvalue weighted by atomic mass is 16.5. The fourth-order valence-corrected chi connectivity index (χ4v) is 3.59. The lowest BCUT2D eigenvalue weighted by atomic mass is 10.0. The highest BCUT2D eigenvalue weighted by molar-refractivity contribution is 5.99. The Bertz CT molecular complexity index is 996. The van der Waals surface area contributed by atoms with E-state index in [0.717, 1.165) is 29.7 Å². The van der Waals surface area contributed by atoms with Crippen molar-refractivity contribution in [3.05, 3.63) is 83.7 Å². The maximum atomic E-state index is 12.9. The lowest BCUT2D eigenvalue weighted by molar-refractivity contribution is -0.126. The molecule has 148 valence electrons. The molecule has 29 heavy (non-hydrogen) atoms. The predicted molar refractivity (Wildman–Crippen MR) is 110 cm³/mol. The fourth-order valence-electron chi connectivity index (χ4n) is 3.59. The number of amides is 1. The summed E-state index contributed by atoms with van der Waals surface area (Å²) < 4.78 is 7.27. The number of nitrogens with zero attached hydrogens (tertiary/aromatic N) is 3. The number of carbonyl (C=O) groups excluding carboxylic acids is 2. The molecule has 0 saturated carbocycles. The van der Waals surface area contributed by atoms with Gasteiger partial charge in [0.05, 0.1) is 12.1 Å². The molecule has 6 heteroatoms. The number of ether oxygens (including phenoxy) is 1. The number of hydrogen-bond acceptors (Lipinski definition) is 4. The normalized spacial score (nSPS) is 14.2. The number of aromatic nitrogens is 2. The first-order chi connectivity index (χ1) is 14.1. The van der Waals surface area contributed by atoms with E-state index in [2.05, 4.69) is 5.10 Å². The van der Waals surface area contributed by atoms with Gasteiger partial charge >= 0.3 is 5.97 Å². The molecule has 1 amide bonds. The monoisotopic (exact) mass is 389 g/mol. The standard InChI is InChI=1S/C23H23N3O3/c1-17(22(27)26-15-4-7-19-6-2-3-8-21(19)26)29-23(28)20-11-9-18(10-12-20)16-25-14-5-13-24-25/h2-3,5-6,8-14,17H,4,7,15-16H2,1H3. The fraction of sp³-hybridized carbons (Fsp3) is 0.261. The molecule has 0 aliphatic carbocycles. The topological polar surface area (TPSA) is 64.4 Å². The summed E-state index contributed by atoms with van der Waals surface area (Å²) in [6.07, 6.45) is 4.62. The zero-order chi connectivity index (χ0) is 20.2. The second kappa shape index (κ2) is 8.31. The number of rotatable bonds is 5. The van der Waals surface area contributed by atoms with Crippen molar-refractivity contribution in [1.82, 2.24) is 9.78 Å². The van der Waals surface area contributed by atoms with Crippen molar-refractivity contribution in [3.63, 3.8) is 0 Å². The molecule has 2 heterocycles. The third kappa shape index (κ3) is 4.21. The number of fused-ring (bicyclic) bond motifs is 1. The van der Waals surface area contributed by atoms with Crippen LogP contribution in [0.15, 0.2) is 67.0 Å². The number of anilines is 1. The number of benzene rings is 2. The molecule has 0 bridgehead atoms. The van der Waals surface area contributed by atoms with Crippen molar-refractivity contribution in [2.24, 2.45) is 0 Å². The summed E-state index contributed by atoms with van der Waals surface area (Å²) in [5.41, 5.74) is 3.51. The molecule has 0 N–H and O–H groups in total. The van der Waals surface area contributed by atoms with Crippen LogP contribution in [0.2, 0.25) is 0 Å². The summed E-state index contributed by atoms with van der Waals surface area (Å²) in [4.78, 5) is 27.1. The van der Waals surface area contributed by atoms with E-state index in [4.69, 9.17) is 4.74 Å². The maximum absolute atomic E-state index is 12.9. The second-order valence-electron chi connectivity index (χ2n) is 7.17. The Morgan fingerprint density at radius 2 is 1.90 bits per heavy atom. The van der Waals surface area contributed by atoms with Gasteiger partial charge in [-0.3, -0.25) is 9.48 Å². The average molecular weight is 389 g/mol. The second-order valence-corrected chi connectivity index (χ2v) is 7.17. The maximum Gasteiger partial charge on any atom is 0.338 e. The van der Waals surface area contributed by atoms with E-state index < -0.39 is 12.1 Å². The smallest absolute Gasteiger partial charge is 0.338 e. The number of aryl methyl sites for hydroxylation is 1. The SMILES string of the molecule is CC(OC(=O)c1ccc(Cn2cccn2)cc1)C(=O)N1CCCc2ccccc21. The number of carbonyl (C=O) groups is 2. The molecule has 1 aliphatic heterocycles. The van der Waals surface area contributed by atoms with Crippen LogP contribution < -0.4 is 4.90 Å². The molecule has 3 aromatic rings. The highest BCUT2D eigenvalue weighted by Crippen LogP contribution is 2.27. The van der Waals surface area contributed by atoms with Crippen molar-refractivity contribution in [1.29, 1.82) is 0 Å². The number of para-hydroxylation sites is 1. The highest BCUT2D eigenvalue weighted by Gasteiger charge is 2.28. The zero-order valence-corrected chi connectivity index (χ0v) is 16.3. The lowest BCUT2D eigenvalue weighted by Gasteiger charge is -2.31. The summed E-state index contributed by atoms with van der Waals surface area (Å²) in [6.45, 7) is 2.90. The van der Waals surface area contributed by atoms with Crippen LogP contribution in [0.25, 0.3) is 0 Å². The minimum Gasteiger partial charge on any atom is -0.449 e. The first kappa shape index (κ1) is 18.9. The van der Waals surface area contributed by atoms with Crippen molar-refractivity contribution >= 4 is 17.6 Å². The van der Waals surface area contributed by atoms with Gasteiger partial charge in [0.2, 0.25) is 0 Å². The van der Waals surface area contributed by atoms with Crippen LogP contribution in [0.1, 0.15) is 34.8 Å². The van der Waals surface area contributed by atoms with Crippen LogP contribution in [0.4, 0.5) is 5.69 Å². The van der Waals surface area contributed by atoms with Gasteiger partial charge in [-0.25, -0.2) is 4.79 Å². The van der Waals surface area contributed by atoms with Crippen LogP contribution >= 0.6 is 0 Å². The van der Waals surface area contributed by atoms with E-state index in [1.54, 1.807) is 30.2 Å². The Kier molecular flexibility index (Phi) is 5.42. The van der Waals surface area contributed by atoms with Crippen LogP contribution in [0.3, 0.4) is 0 Å². The molecule has 0 saturated heterocycles. The molecule has 1 aliphatic rings. The Labute approximate surface area is 169 Å². The summed E-state index contributed by atoms with van der Waals surface area (Å²) in [5.74, 6) is -0.692. The lowest BCUT2D eigenvalue weighted by Crippen LogP contribution is -2.42. The average Bonchev–Trinajstić information content (AvgIpc) is 3.26. The zero-order valence-electron chi connectivity index (χ0n) is 16.3. The van der Waals surface area contributed by atoms with Gasteiger partial charge in [0.1, 0.15) is 0 Å². The molecule has 1 atom stereocenters. The Morgan fingerprint density at radius 1 is 1.10 bits per heavy atom. The number of esters is 1. The quantitative estimate of drug-likeness (QED) is 0.627. The van der Waals surface area contributed by atoms with Gasteiger partial charge in [0.15, 0.2) is 6.10 Å². The van der Waals surface area contributed by atoms with Crippen LogP contribution in [0, 0.1) is 0 Å². The van der Waals surface area contributed by atoms with Gasteiger partial charge in [-0.2, -0.15) is 5.10 Å². The molecular weight excluding hydrogens is 366 g/mol. The van der Waals surface area contributed by atoms with Gasteiger partial charge in [-0.1, -0.05) is 30.3 Å². The summed E-state index contributed by atoms with van der Waals surface area (Å²) in [6, 6.07) is 16.9. The van der Waals surface area contributed by atoms with Crippen molar-refractivity contribution < 1.29 is 14.3 Å². The molecular formula is C23H23N3O3. The van der Waals surface area contributed by atoms with E-state index >= 15 is 0 Å². The first-order valence-electron chi connectivity index (χ1n) is 9.78. The van der Waals surface area contributed by atoms with Gasteiger partial charge in [0, 0.05) is 24.6 Å². The van der Waals surface area contributed by atoms with E-state index in [0.29, 0.717) is 18.7 Å². The van der Waals surface area contributed by atoms with Gasteiger partial charge in [0.25, 0.3) is 5.91 Å². The molecule has 2 aromatic carbocycles. The van der Waals surface area contributed by atoms with Gasteiger partial charge in [-0.05, 0) is 55.2 Å². The molecule has 4 rings (SSSR count). The predicted octanol–water partition coefficient (Wildman–Crippen LogP) is 3.46. The molecule has 0 spiro atoms. The Balaban J connectivity index is 1.40. The van der Waals surface area contributed by atoms with Crippen LogP contribution in [0.5, 0.6) is 0 Å². The third-order valence-electron chi connectivity index (χ3n) is 5.10. The van der Waals surface area contributed by atoms with Crippen LogP contribution in [-0.2, 0) is 22.5 Å². The minimum atomic E-state index is -0.850. The van der Waals surface area contributed by atoms with E-state index in [1.165, 1.54) is 0 Å². The Hall–Kier alpha value is -3.41. The molecule has 1 unspecified atom stereocenters. The molecule has 6 nitrogen and oxygen atoms in total. The summed E-state index contributed by atoms with van der Waals surface area (Å²) >= 11 is 0. The van der Waals surface area contributed by atoms with E-state index in [1.807, 2.05) is 53.3 Å². The van der Waals surface area contributed by atoms with Gasteiger partial charge < -0.3 is 9.64 Å². The van der Waals surface area contributed by atoms with E-state index in [9.17, 15) is 9.59 Å². The summed E-state index contributed by atoms with van der Waals surface area (Å²) in [5, 5.41) is 4.17. The Morgan fingerprint density at radius 3 is 2.66 bits per heavy atom. The third-order valence-corrected chi connectivity index (χ3v) is 5.10. The van der Waals surface area contributed by atoms with Gasteiger partial charge in [-0.15, -0.1) is 0 Å². The number of hydrogen-bond donors (Lipinski definition) is 0. The summed E-state index contributed by atoms with van der Waals surface area (Å²) in [7, 11) is 0. The molecule has 0 radical (unpaired) electrons. The minimum absolute atomic E-state index is 0.194. The molecule has 0 fully saturated rings. The van der Waals surface area contributed by atoms with Crippen LogP contribution in [-0.4, -0.2) is 34.3 Å². The first-order valence-corrected chi connectivity index (χ1v) is 9.78. The van der Waals surface area contributed by atoms with E-state index in [-0.39, 0.29) is 5.91 Å². The molecule has 1 aromatic heterocycles. The van der Waals surface area contributed by atoms with Crippen molar-refractivity contribution in [2.45, 2.75) is 32.4 Å². The van der Waals surface area contributed by atoms with Crippen molar-refractivity contribution in [3.8, 4) is 0 Å². The largest absolute Gasteiger partial charge is 0.449 e. The van der Waals surface area contributed by atoms with Crippen molar-refractivity contribution in [2.75, 3.05) is 11.4 Å².